The predicted octanol–water partition coefficient (Wildman–Crippen LogP) is 2.61. The third kappa shape index (κ3) is 5.28. The first kappa shape index (κ1) is 14.1. The van der Waals surface area contributed by atoms with Gasteiger partial charge in [0.05, 0.1) is 5.54 Å². The van der Waals surface area contributed by atoms with Gasteiger partial charge in [-0.25, -0.2) is 4.98 Å². The van der Waals surface area contributed by atoms with Crippen LogP contribution in [0.25, 0.3) is 0 Å². The molecule has 0 saturated heterocycles. The van der Waals surface area contributed by atoms with Crippen LogP contribution in [0.3, 0.4) is 0 Å². The van der Waals surface area contributed by atoms with E-state index in [4.69, 9.17) is 5.11 Å². The summed E-state index contributed by atoms with van der Waals surface area (Å²) in [5.41, 5.74) is -0.0963. The summed E-state index contributed by atoms with van der Waals surface area (Å²) in [6.45, 7) is 5.12. The Morgan fingerprint density at radius 1 is 1.47 bits per heavy atom. The van der Waals surface area contributed by atoms with E-state index in [-0.39, 0.29) is 12.0 Å². The zero-order chi connectivity index (χ0) is 12.7. The van der Waals surface area contributed by atoms with Crippen molar-refractivity contribution in [2.45, 2.75) is 45.1 Å². The molecular weight excluding hydrogens is 236 g/mol. The van der Waals surface area contributed by atoms with Crippen molar-refractivity contribution < 1.29 is 9.90 Å². The molecule has 1 aromatic rings. The van der Waals surface area contributed by atoms with E-state index < -0.39 is 5.97 Å². The van der Waals surface area contributed by atoms with E-state index in [1.807, 2.05) is 11.6 Å². The molecule has 0 fully saturated rings. The van der Waals surface area contributed by atoms with E-state index in [0.29, 0.717) is 0 Å². The fourth-order valence-corrected chi connectivity index (χ4v) is 2.33. The molecule has 0 bridgehead atoms. The zero-order valence-corrected chi connectivity index (χ0v) is 11.2. The molecule has 0 aliphatic rings. The molecule has 0 aromatic carbocycles. The molecule has 17 heavy (non-hydrogen) atoms. The Balaban J connectivity index is 2.16. The van der Waals surface area contributed by atoms with Crippen LogP contribution in [0.2, 0.25) is 0 Å². The van der Waals surface area contributed by atoms with Gasteiger partial charge in [-0.05, 0) is 33.2 Å². The summed E-state index contributed by atoms with van der Waals surface area (Å²) in [7, 11) is 0. The number of unbranched alkanes of at least 4 members (excludes halogenated alkanes) is 2. The Labute approximate surface area is 106 Å². The molecule has 0 atom stereocenters. The number of carbonyl (C=O) groups is 1. The molecule has 1 heterocycles. The monoisotopic (exact) mass is 256 g/mol. The molecule has 5 heteroatoms. The van der Waals surface area contributed by atoms with Crippen molar-refractivity contribution in [1.82, 2.24) is 10.3 Å². The number of hydrogen-bond acceptors (Lipinski definition) is 4. The number of nitrogens with one attached hydrogen (secondary N) is 1. The van der Waals surface area contributed by atoms with Crippen molar-refractivity contribution in [2.24, 2.45) is 0 Å². The lowest BCUT2D eigenvalue weighted by atomic mass is 10.1. The van der Waals surface area contributed by atoms with Crippen LogP contribution in [-0.2, 0) is 10.3 Å². The van der Waals surface area contributed by atoms with Gasteiger partial charge in [0.15, 0.2) is 0 Å². The molecule has 4 nitrogen and oxygen atoms in total. The van der Waals surface area contributed by atoms with Crippen LogP contribution in [0, 0.1) is 0 Å². The molecule has 0 unspecified atom stereocenters. The van der Waals surface area contributed by atoms with Crippen molar-refractivity contribution in [3.63, 3.8) is 0 Å². The van der Waals surface area contributed by atoms with Crippen molar-refractivity contribution in [2.75, 3.05) is 6.54 Å². The van der Waals surface area contributed by atoms with Gasteiger partial charge in [-0.3, -0.25) is 4.79 Å². The van der Waals surface area contributed by atoms with Gasteiger partial charge in [-0.15, -0.1) is 11.3 Å². The number of carboxylic acids is 1. The number of rotatable bonds is 8. The second-order valence-corrected chi connectivity index (χ2v) is 5.49. The Hall–Kier alpha value is -0.940. The summed E-state index contributed by atoms with van der Waals surface area (Å²) < 4.78 is 0. The number of aliphatic carboxylic acids is 1. The molecule has 0 saturated carbocycles. The van der Waals surface area contributed by atoms with Crippen molar-refractivity contribution in [1.29, 1.82) is 0 Å². The number of carboxylic acid groups (broad SMARTS) is 1. The van der Waals surface area contributed by atoms with Crippen molar-refractivity contribution in [3.8, 4) is 0 Å². The summed E-state index contributed by atoms with van der Waals surface area (Å²) in [6, 6.07) is 0. The minimum absolute atomic E-state index is 0.0963. The quantitative estimate of drug-likeness (QED) is 0.702. The minimum Gasteiger partial charge on any atom is -0.481 e. The van der Waals surface area contributed by atoms with E-state index in [2.05, 4.69) is 24.1 Å². The average molecular weight is 256 g/mol. The predicted molar refractivity (Wildman–Crippen MR) is 69.2 cm³/mol. The molecular formula is C12H20N2O2S. The van der Waals surface area contributed by atoms with Crippen molar-refractivity contribution >= 4 is 17.3 Å². The average Bonchev–Trinajstić information content (AvgIpc) is 2.76. The number of aromatic nitrogens is 1. The van der Waals surface area contributed by atoms with E-state index in [1.54, 1.807) is 11.3 Å². The topological polar surface area (TPSA) is 62.2 Å². The van der Waals surface area contributed by atoms with Gasteiger partial charge in [-0.1, -0.05) is 6.42 Å². The maximum absolute atomic E-state index is 10.3. The van der Waals surface area contributed by atoms with Crippen molar-refractivity contribution in [3.05, 3.63) is 16.6 Å². The summed E-state index contributed by atoms with van der Waals surface area (Å²) in [5.74, 6) is -0.707. The number of hydrogen-bond donors (Lipinski definition) is 2. The summed E-state index contributed by atoms with van der Waals surface area (Å²) in [5, 5.41) is 15.0. The molecule has 1 aromatic heterocycles. The summed E-state index contributed by atoms with van der Waals surface area (Å²) in [4.78, 5) is 14.6. The first-order valence-electron chi connectivity index (χ1n) is 5.89. The molecule has 1 rings (SSSR count). The zero-order valence-electron chi connectivity index (χ0n) is 10.4. The summed E-state index contributed by atoms with van der Waals surface area (Å²) in [6.07, 6.45) is 4.80. The largest absolute Gasteiger partial charge is 0.481 e. The van der Waals surface area contributed by atoms with Crippen LogP contribution in [0.4, 0.5) is 0 Å². The van der Waals surface area contributed by atoms with Gasteiger partial charge in [0.1, 0.15) is 5.01 Å². The highest BCUT2D eigenvalue weighted by molar-refractivity contribution is 7.09. The standard InChI is InChI=1S/C12H20N2O2S/c1-12(2,11-13-8-9-17-11)14-7-5-3-4-6-10(15)16/h8-9,14H,3-7H2,1-2H3,(H,15,16). The SMILES string of the molecule is CC(C)(NCCCCCC(=O)O)c1nccs1. The second-order valence-electron chi connectivity index (χ2n) is 4.59. The third-order valence-electron chi connectivity index (χ3n) is 2.60. The minimum atomic E-state index is -0.707. The van der Waals surface area contributed by atoms with Crippen LogP contribution in [-0.4, -0.2) is 22.6 Å². The highest BCUT2D eigenvalue weighted by Crippen LogP contribution is 2.21. The maximum Gasteiger partial charge on any atom is 0.303 e. The molecule has 0 amide bonds. The smallest absolute Gasteiger partial charge is 0.303 e. The van der Waals surface area contributed by atoms with Crippen LogP contribution in [0.15, 0.2) is 11.6 Å². The van der Waals surface area contributed by atoms with Gasteiger partial charge in [0, 0.05) is 18.0 Å². The summed E-state index contributed by atoms with van der Waals surface area (Å²) >= 11 is 1.65. The van der Waals surface area contributed by atoms with E-state index in [1.165, 1.54) is 0 Å². The fraction of sp³-hybridized carbons (Fsp3) is 0.667. The highest BCUT2D eigenvalue weighted by Gasteiger charge is 2.21. The van der Waals surface area contributed by atoms with Crippen LogP contribution >= 0.6 is 11.3 Å². The second kappa shape index (κ2) is 6.71. The fourth-order valence-electron chi connectivity index (χ4n) is 1.59. The molecule has 0 spiro atoms. The lowest BCUT2D eigenvalue weighted by Gasteiger charge is -2.23. The van der Waals surface area contributed by atoms with Gasteiger partial charge in [0.25, 0.3) is 0 Å². The number of nitrogens with zero attached hydrogens (tertiary/aromatic N) is 1. The molecule has 0 aliphatic heterocycles. The molecule has 0 radical (unpaired) electrons. The first-order chi connectivity index (χ1) is 8.02. The molecule has 0 aliphatic carbocycles. The van der Waals surface area contributed by atoms with Gasteiger partial charge in [-0.2, -0.15) is 0 Å². The highest BCUT2D eigenvalue weighted by atomic mass is 32.1. The maximum atomic E-state index is 10.3. The van der Waals surface area contributed by atoms with Crippen LogP contribution in [0.5, 0.6) is 0 Å². The van der Waals surface area contributed by atoms with E-state index >= 15 is 0 Å². The van der Waals surface area contributed by atoms with Gasteiger partial charge >= 0.3 is 5.97 Å². The van der Waals surface area contributed by atoms with Gasteiger partial charge in [0.2, 0.25) is 0 Å². The Kier molecular flexibility index (Phi) is 5.58. The number of thiazole rings is 1. The van der Waals surface area contributed by atoms with Gasteiger partial charge < -0.3 is 10.4 Å². The van der Waals surface area contributed by atoms with Crippen LogP contribution < -0.4 is 5.32 Å². The Bertz CT molecular complexity index is 336. The lowest BCUT2D eigenvalue weighted by molar-refractivity contribution is -0.137. The Morgan fingerprint density at radius 2 is 2.24 bits per heavy atom. The first-order valence-corrected chi connectivity index (χ1v) is 6.77. The Morgan fingerprint density at radius 3 is 2.82 bits per heavy atom. The van der Waals surface area contributed by atoms with Crippen LogP contribution in [0.1, 0.15) is 44.5 Å². The third-order valence-corrected chi connectivity index (χ3v) is 3.70. The molecule has 2 N–H and O–H groups in total. The lowest BCUT2D eigenvalue weighted by Crippen LogP contribution is -2.37. The van der Waals surface area contributed by atoms with E-state index in [9.17, 15) is 4.79 Å². The van der Waals surface area contributed by atoms with E-state index in [0.717, 1.165) is 30.8 Å². The normalized spacial score (nSPS) is 11.6. The molecule has 96 valence electrons.